The number of para-hydroxylation sites is 2. The first-order chi connectivity index (χ1) is 13.2. The summed E-state index contributed by atoms with van der Waals surface area (Å²) in [4.78, 5) is 4.82. The summed E-state index contributed by atoms with van der Waals surface area (Å²) in [6.07, 6.45) is 0.858. The molecule has 0 aliphatic rings. The monoisotopic (exact) mass is 396 g/mol. The van der Waals surface area contributed by atoms with Gasteiger partial charge in [0.2, 0.25) is 0 Å². The fraction of sp³-hybridized carbons (Fsp3) is 0.136. The minimum atomic E-state index is 0.614. The van der Waals surface area contributed by atoms with Crippen LogP contribution in [0.4, 0.5) is 0 Å². The van der Waals surface area contributed by atoms with E-state index in [2.05, 4.69) is 10.6 Å². The number of halogens is 2. The number of fused-ring (bicyclic) bond motifs is 1. The van der Waals surface area contributed by atoms with Crippen molar-refractivity contribution in [3.63, 3.8) is 0 Å². The van der Waals surface area contributed by atoms with Gasteiger partial charge >= 0.3 is 0 Å². The molecule has 0 radical (unpaired) electrons. The zero-order valence-corrected chi connectivity index (χ0v) is 16.1. The molecule has 27 heavy (non-hydrogen) atoms. The maximum atomic E-state index is 6.19. The smallest absolute Gasteiger partial charge is 0.141 e. The van der Waals surface area contributed by atoms with Crippen molar-refractivity contribution in [1.82, 2.24) is 9.55 Å². The molecule has 0 saturated heterocycles. The maximum absolute atomic E-state index is 6.19. The molecule has 0 aliphatic heterocycles. The lowest BCUT2D eigenvalue weighted by Crippen LogP contribution is -2.06. The molecule has 0 unspecified atom stereocenters. The van der Waals surface area contributed by atoms with E-state index in [0.717, 1.165) is 41.1 Å². The van der Waals surface area contributed by atoms with Crippen LogP contribution in [0.25, 0.3) is 22.4 Å². The first-order valence-electron chi connectivity index (χ1n) is 8.80. The molecule has 4 rings (SSSR count). The largest absolute Gasteiger partial charge is 0.494 e. The van der Waals surface area contributed by atoms with E-state index in [1.807, 2.05) is 66.7 Å². The topological polar surface area (TPSA) is 27.1 Å². The van der Waals surface area contributed by atoms with E-state index in [-0.39, 0.29) is 0 Å². The Morgan fingerprint density at radius 2 is 1.67 bits per heavy atom. The third kappa shape index (κ3) is 4.10. The molecule has 0 saturated carbocycles. The van der Waals surface area contributed by atoms with E-state index in [0.29, 0.717) is 16.7 Å². The van der Waals surface area contributed by atoms with E-state index in [9.17, 15) is 0 Å². The Labute approximate surface area is 168 Å². The summed E-state index contributed by atoms with van der Waals surface area (Å²) in [7, 11) is 0. The molecule has 0 amide bonds. The molecule has 0 bridgehead atoms. The molecule has 0 atom stereocenters. The summed E-state index contributed by atoms with van der Waals surface area (Å²) in [5.41, 5.74) is 3.10. The predicted octanol–water partition coefficient (Wildman–Crippen LogP) is 6.48. The molecule has 1 aromatic heterocycles. The summed E-state index contributed by atoms with van der Waals surface area (Å²) in [6.45, 7) is 1.42. The second-order valence-corrected chi connectivity index (χ2v) is 7.11. The fourth-order valence-electron chi connectivity index (χ4n) is 3.09. The molecule has 0 fully saturated rings. The number of hydrogen-bond donors (Lipinski definition) is 0. The van der Waals surface area contributed by atoms with Gasteiger partial charge in [-0.3, -0.25) is 0 Å². The van der Waals surface area contributed by atoms with Gasteiger partial charge in [-0.1, -0.05) is 47.5 Å². The number of ether oxygens (including phenoxy) is 1. The molecule has 0 spiro atoms. The lowest BCUT2D eigenvalue weighted by molar-refractivity contribution is 0.303. The Balaban J connectivity index is 1.55. The SMILES string of the molecule is Clc1ccc(OCCCn2c(-c3cccc(Cl)c3)nc3ccccc32)cc1. The van der Waals surface area contributed by atoms with Crippen LogP contribution in [0.15, 0.2) is 72.8 Å². The second kappa shape index (κ2) is 8.03. The van der Waals surface area contributed by atoms with E-state index in [4.69, 9.17) is 32.9 Å². The predicted molar refractivity (Wildman–Crippen MR) is 112 cm³/mol. The molecule has 3 aromatic carbocycles. The van der Waals surface area contributed by atoms with Gasteiger partial charge < -0.3 is 9.30 Å². The minimum absolute atomic E-state index is 0.614. The van der Waals surface area contributed by atoms with Crippen LogP contribution >= 0.6 is 23.2 Å². The Morgan fingerprint density at radius 1 is 0.852 bits per heavy atom. The summed E-state index contributed by atoms with van der Waals surface area (Å²) in [5, 5.41) is 1.41. The van der Waals surface area contributed by atoms with Crippen LogP contribution < -0.4 is 4.74 Å². The Morgan fingerprint density at radius 3 is 2.48 bits per heavy atom. The molecule has 0 aliphatic carbocycles. The molecular formula is C22H18Cl2N2O. The number of nitrogens with zero attached hydrogens (tertiary/aromatic N) is 2. The van der Waals surface area contributed by atoms with Crippen LogP contribution in [-0.2, 0) is 6.54 Å². The van der Waals surface area contributed by atoms with Crippen LogP contribution in [0.1, 0.15) is 6.42 Å². The van der Waals surface area contributed by atoms with Crippen molar-refractivity contribution >= 4 is 34.2 Å². The van der Waals surface area contributed by atoms with Gasteiger partial charge in [0.25, 0.3) is 0 Å². The van der Waals surface area contributed by atoms with Crippen LogP contribution in [0.5, 0.6) is 5.75 Å². The highest BCUT2D eigenvalue weighted by atomic mass is 35.5. The number of aromatic nitrogens is 2. The standard InChI is InChI=1S/C22H18Cl2N2O/c23-17-9-11-19(12-10-17)27-14-4-13-26-21-8-2-1-7-20(21)25-22(26)16-5-3-6-18(24)15-16/h1-3,5-12,15H,4,13-14H2. The van der Waals surface area contributed by atoms with Crippen LogP contribution in [0, 0.1) is 0 Å². The average molecular weight is 397 g/mol. The van der Waals surface area contributed by atoms with E-state index >= 15 is 0 Å². The van der Waals surface area contributed by atoms with Gasteiger partial charge in [-0.15, -0.1) is 0 Å². The Kier molecular flexibility index (Phi) is 5.33. The van der Waals surface area contributed by atoms with Gasteiger partial charge in [-0.2, -0.15) is 0 Å². The van der Waals surface area contributed by atoms with E-state index in [1.54, 1.807) is 0 Å². The molecule has 3 nitrogen and oxygen atoms in total. The maximum Gasteiger partial charge on any atom is 0.141 e. The third-order valence-electron chi connectivity index (χ3n) is 4.35. The lowest BCUT2D eigenvalue weighted by Gasteiger charge is -2.11. The normalized spacial score (nSPS) is 11.0. The zero-order valence-electron chi connectivity index (χ0n) is 14.6. The number of benzene rings is 3. The van der Waals surface area contributed by atoms with Crippen molar-refractivity contribution < 1.29 is 4.74 Å². The minimum Gasteiger partial charge on any atom is -0.494 e. The average Bonchev–Trinajstić information content (AvgIpc) is 3.05. The molecule has 0 N–H and O–H groups in total. The van der Waals surface area contributed by atoms with Gasteiger partial charge in [0.05, 0.1) is 17.6 Å². The number of aryl methyl sites for hydroxylation is 1. The van der Waals surface area contributed by atoms with Gasteiger partial charge in [0.1, 0.15) is 11.6 Å². The quantitative estimate of drug-likeness (QED) is 0.348. The molecular weight excluding hydrogens is 379 g/mol. The Hall–Kier alpha value is -2.49. The van der Waals surface area contributed by atoms with Gasteiger partial charge in [-0.25, -0.2) is 4.98 Å². The third-order valence-corrected chi connectivity index (χ3v) is 4.83. The fourth-order valence-corrected chi connectivity index (χ4v) is 3.41. The first-order valence-corrected chi connectivity index (χ1v) is 9.56. The van der Waals surface area contributed by atoms with Crippen molar-refractivity contribution in [2.24, 2.45) is 0 Å². The zero-order chi connectivity index (χ0) is 18.6. The van der Waals surface area contributed by atoms with Crippen LogP contribution in [0.3, 0.4) is 0 Å². The molecule has 5 heteroatoms. The van der Waals surface area contributed by atoms with Crippen LogP contribution in [-0.4, -0.2) is 16.2 Å². The second-order valence-electron chi connectivity index (χ2n) is 6.24. The van der Waals surface area contributed by atoms with Crippen molar-refractivity contribution in [1.29, 1.82) is 0 Å². The summed E-state index contributed by atoms with van der Waals surface area (Å²) in [5.74, 6) is 1.75. The molecule has 136 valence electrons. The van der Waals surface area contributed by atoms with Crippen molar-refractivity contribution in [2.45, 2.75) is 13.0 Å². The molecule has 4 aromatic rings. The number of imidazole rings is 1. The van der Waals surface area contributed by atoms with Crippen molar-refractivity contribution in [2.75, 3.05) is 6.61 Å². The van der Waals surface area contributed by atoms with Gasteiger partial charge in [0.15, 0.2) is 0 Å². The van der Waals surface area contributed by atoms with E-state index in [1.165, 1.54) is 0 Å². The van der Waals surface area contributed by atoms with Crippen LogP contribution in [0.2, 0.25) is 10.0 Å². The van der Waals surface area contributed by atoms with Crippen molar-refractivity contribution in [3.05, 3.63) is 82.8 Å². The van der Waals surface area contributed by atoms with Gasteiger partial charge in [-0.05, 0) is 55.0 Å². The summed E-state index contributed by atoms with van der Waals surface area (Å²) >= 11 is 12.1. The van der Waals surface area contributed by atoms with Crippen molar-refractivity contribution in [3.8, 4) is 17.1 Å². The van der Waals surface area contributed by atoms with Gasteiger partial charge in [0, 0.05) is 22.2 Å². The highest BCUT2D eigenvalue weighted by Crippen LogP contribution is 2.27. The summed E-state index contributed by atoms with van der Waals surface area (Å²) < 4.78 is 8.05. The first kappa shape index (κ1) is 17.9. The lowest BCUT2D eigenvalue weighted by atomic mass is 10.2. The Bertz CT molecular complexity index is 1060. The number of hydrogen-bond acceptors (Lipinski definition) is 2. The number of rotatable bonds is 6. The summed E-state index contributed by atoms with van der Waals surface area (Å²) in [6, 6.07) is 23.4. The van der Waals surface area contributed by atoms with E-state index < -0.39 is 0 Å². The highest BCUT2D eigenvalue weighted by molar-refractivity contribution is 6.31. The molecule has 1 heterocycles. The highest BCUT2D eigenvalue weighted by Gasteiger charge is 2.12.